The lowest BCUT2D eigenvalue weighted by Crippen LogP contribution is -1.80. The molecule has 0 aliphatic heterocycles. The third kappa shape index (κ3) is 1.72. The van der Waals surface area contributed by atoms with Crippen LogP contribution >= 0.6 is 11.8 Å². The molecule has 6 heteroatoms. The van der Waals surface area contributed by atoms with Crippen molar-refractivity contribution in [3.63, 3.8) is 0 Å². The van der Waals surface area contributed by atoms with E-state index in [-0.39, 0.29) is 0 Å². The number of hydrogen-bond acceptors (Lipinski definition) is 4. The number of thioether (sulfide) groups is 1. The van der Waals surface area contributed by atoms with Crippen LogP contribution in [0.5, 0.6) is 0 Å². The van der Waals surface area contributed by atoms with Crippen LogP contribution in [0.3, 0.4) is 0 Å². The Balaban J connectivity index is 2.23. The first-order valence-corrected chi connectivity index (χ1v) is 4.93. The molecule has 5 nitrogen and oxygen atoms in total. The molecule has 2 N–H and O–H groups in total. The molecule has 0 unspecified atom stereocenters. The number of aromatic nitrogens is 5. The van der Waals surface area contributed by atoms with Crippen molar-refractivity contribution in [3.05, 3.63) is 12.3 Å². The van der Waals surface area contributed by atoms with E-state index in [1.165, 1.54) is 0 Å². The molecule has 0 atom stereocenters. The Kier molecular flexibility index (Phi) is 2.31. The van der Waals surface area contributed by atoms with Gasteiger partial charge in [0.15, 0.2) is 5.82 Å². The van der Waals surface area contributed by atoms with Crippen LogP contribution in [0.1, 0.15) is 6.92 Å². The summed E-state index contributed by atoms with van der Waals surface area (Å²) in [5, 5.41) is 14.3. The van der Waals surface area contributed by atoms with Crippen LogP contribution in [0.25, 0.3) is 11.5 Å². The summed E-state index contributed by atoms with van der Waals surface area (Å²) in [7, 11) is 0. The highest BCUT2D eigenvalue weighted by atomic mass is 32.2. The van der Waals surface area contributed by atoms with Gasteiger partial charge >= 0.3 is 0 Å². The van der Waals surface area contributed by atoms with E-state index in [1.807, 2.05) is 6.07 Å². The van der Waals surface area contributed by atoms with Crippen LogP contribution < -0.4 is 0 Å². The molecule has 2 heterocycles. The van der Waals surface area contributed by atoms with Crippen molar-refractivity contribution in [1.82, 2.24) is 25.4 Å². The van der Waals surface area contributed by atoms with Crippen molar-refractivity contribution in [3.8, 4) is 11.5 Å². The maximum atomic E-state index is 4.27. The van der Waals surface area contributed by atoms with Gasteiger partial charge in [-0.25, -0.2) is 0 Å². The van der Waals surface area contributed by atoms with Crippen LogP contribution in [0, 0.1) is 0 Å². The maximum Gasteiger partial charge on any atom is 0.208 e. The molecule has 68 valence electrons. The van der Waals surface area contributed by atoms with Crippen molar-refractivity contribution < 1.29 is 0 Å². The molecule has 0 aliphatic rings. The summed E-state index contributed by atoms with van der Waals surface area (Å²) in [4.78, 5) is 4.27. The zero-order valence-corrected chi connectivity index (χ0v) is 7.93. The molecule has 2 rings (SSSR count). The van der Waals surface area contributed by atoms with Crippen LogP contribution in [-0.2, 0) is 0 Å². The fourth-order valence-electron chi connectivity index (χ4n) is 0.948. The lowest BCUT2D eigenvalue weighted by molar-refractivity contribution is 0.973. The number of aromatic amines is 2. The van der Waals surface area contributed by atoms with Gasteiger partial charge in [0.2, 0.25) is 5.16 Å². The Morgan fingerprint density at radius 3 is 3.08 bits per heavy atom. The Labute approximate surface area is 79.4 Å². The van der Waals surface area contributed by atoms with Gasteiger partial charge in [-0.2, -0.15) is 10.1 Å². The zero-order chi connectivity index (χ0) is 9.10. The molecule has 0 aliphatic carbocycles. The highest BCUT2D eigenvalue weighted by molar-refractivity contribution is 7.99. The third-order valence-electron chi connectivity index (χ3n) is 1.49. The van der Waals surface area contributed by atoms with Gasteiger partial charge in [0.05, 0.1) is 0 Å². The summed E-state index contributed by atoms with van der Waals surface area (Å²) in [6, 6.07) is 1.85. The molecule has 0 bridgehead atoms. The zero-order valence-electron chi connectivity index (χ0n) is 7.11. The molecule has 0 radical (unpaired) electrons. The van der Waals surface area contributed by atoms with Gasteiger partial charge in [-0.3, -0.25) is 10.2 Å². The average molecular weight is 195 g/mol. The Morgan fingerprint density at radius 2 is 2.38 bits per heavy atom. The molecular weight excluding hydrogens is 186 g/mol. The summed E-state index contributed by atoms with van der Waals surface area (Å²) in [6.45, 7) is 2.07. The number of hydrogen-bond donors (Lipinski definition) is 2. The van der Waals surface area contributed by atoms with Gasteiger partial charge < -0.3 is 0 Å². The fourth-order valence-corrected chi connectivity index (χ4v) is 1.47. The van der Waals surface area contributed by atoms with Gasteiger partial charge in [0.1, 0.15) is 5.69 Å². The first-order valence-electron chi connectivity index (χ1n) is 3.95. The Morgan fingerprint density at radius 1 is 1.46 bits per heavy atom. The van der Waals surface area contributed by atoms with E-state index in [9.17, 15) is 0 Å². The third-order valence-corrected chi connectivity index (χ3v) is 2.22. The molecule has 0 fully saturated rings. The molecule has 2 aromatic rings. The quantitative estimate of drug-likeness (QED) is 0.724. The second-order valence-corrected chi connectivity index (χ2v) is 3.60. The van der Waals surface area contributed by atoms with E-state index in [1.54, 1.807) is 18.0 Å². The Bertz CT molecular complexity index is 366. The molecule has 0 amide bonds. The van der Waals surface area contributed by atoms with E-state index < -0.39 is 0 Å². The molecule has 0 saturated carbocycles. The van der Waals surface area contributed by atoms with Gasteiger partial charge in [0, 0.05) is 6.20 Å². The second-order valence-electron chi connectivity index (χ2n) is 2.37. The molecule has 0 spiro atoms. The van der Waals surface area contributed by atoms with Gasteiger partial charge in [-0.05, 0) is 11.8 Å². The summed E-state index contributed by atoms with van der Waals surface area (Å²) >= 11 is 1.61. The number of nitrogens with one attached hydrogen (secondary N) is 2. The lowest BCUT2D eigenvalue weighted by Gasteiger charge is -1.86. The molecule has 2 aromatic heterocycles. The second kappa shape index (κ2) is 3.61. The largest absolute Gasteiger partial charge is 0.275 e. The summed E-state index contributed by atoms with van der Waals surface area (Å²) in [6.07, 6.45) is 1.69. The number of rotatable bonds is 3. The normalized spacial score (nSPS) is 10.5. The predicted molar refractivity (Wildman–Crippen MR) is 50.4 cm³/mol. The van der Waals surface area contributed by atoms with Crippen LogP contribution in [0.15, 0.2) is 17.4 Å². The maximum absolute atomic E-state index is 4.27. The van der Waals surface area contributed by atoms with Gasteiger partial charge in [-0.1, -0.05) is 18.7 Å². The van der Waals surface area contributed by atoms with Crippen LogP contribution in [0.4, 0.5) is 0 Å². The van der Waals surface area contributed by atoms with Crippen molar-refractivity contribution in [1.29, 1.82) is 0 Å². The SMILES string of the molecule is CCSc1n[nH]c(-c2ccn[nH]2)n1. The van der Waals surface area contributed by atoms with E-state index in [2.05, 4.69) is 32.3 Å². The highest BCUT2D eigenvalue weighted by Gasteiger charge is 2.05. The summed E-state index contributed by atoms with van der Waals surface area (Å²) in [5.41, 5.74) is 0.857. The van der Waals surface area contributed by atoms with E-state index in [4.69, 9.17) is 0 Å². The molecule has 0 aromatic carbocycles. The Hall–Kier alpha value is -1.30. The van der Waals surface area contributed by atoms with Crippen LogP contribution in [-0.4, -0.2) is 31.1 Å². The average Bonchev–Trinajstić information content (AvgIpc) is 2.70. The van der Waals surface area contributed by atoms with Crippen LogP contribution in [0.2, 0.25) is 0 Å². The van der Waals surface area contributed by atoms with Crippen molar-refractivity contribution in [2.75, 3.05) is 5.75 Å². The first-order chi connectivity index (χ1) is 6.40. The van der Waals surface area contributed by atoms with Gasteiger partial charge in [-0.15, -0.1) is 5.10 Å². The van der Waals surface area contributed by atoms with Crippen molar-refractivity contribution in [2.45, 2.75) is 12.1 Å². The lowest BCUT2D eigenvalue weighted by atomic mass is 10.4. The minimum atomic E-state index is 0.730. The molecular formula is C7H9N5S. The van der Waals surface area contributed by atoms with E-state index >= 15 is 0 Å². The summed E-state index contributed by atoms with van der Waals surface area (Å²) < 4.78 is 0. The number of H-pyrrole nitrogens is 2. The molecule has 13 heavy (non-hydrogen) atoms. The monoisotopic (exact) mass is 195 g/mol. The smallest absolute Gasteiger partial charge is 0.208 e. The highest BCUT2D eigenvalue weighted by Crippen LogP contribution is 2.16. The first kappa shape index (κ1) is 8.31. The van der Waals surface area contributed by atoms with Crippen molar-refractivity contribution >= 4 is 11.8 Å². The fraction of sp³-hybridized carbons (Fsp3) is 0.286. The van der Waals surface area contributed by atoms with Crippen molar-refractivity contribution in [2.24, 2.45) is 0 Å². The standard InChI is InChI=1S/C7H9N5S/c1-2-13-7-9-6(11-12-7)5-3-4-8-10-5/h3-4H,2H2,1H3,(H,8,10)(H,9,11,12). The number of nitrogens with zero attached hydrogens (tertiary/aromatic N) is 3. The topological polar surface area (TPSA) is 70.2 Å². The van der Waals surface area contributed by atoms with Gasteiger partial charge in [0.25, 0.3) is 0 Å². The minimum absolute atomic E-state index is 0.730. The summed E-state index contributed by atoms with van der Waals surface area (Å²) in [5.74, 6) is 1.70. The van der Waals surface area contributed by atoms with E-state index in [0.717, 1.165) is 22.4 Å². The predicted octanol–water partition coefficient (Wildman–Crippen LogP) is 1.31. The molecule has 0 saturated heterocycles. The minimum Gasteiger partial charge on any atom is -0.275 e. The van der Waals surface area contributed by atoms with E-state index in [0.29, 0.717) is 0 Å².